The summed E-state index contributed by atoms with van der Waals surface area (Å²) in [5.41, 5.74) is 2.56. The van der Waals surface area contributed by atoms with E-state index in [4.69, 9.17) is 4.74 Å². The summed E-state index contributed by atoms with van der Waals surface area (Å²) in [7, 11) is 0. The summed E-state index contributed by atoms with van der Waals surface area (Å²) in [5, 5.41) is 17.1. The molecule has 42 heavy (non-hydrogen) atoms. The van der Waals surface area contributed by atoms with Gasteiger partial charge in [-0.3, -0.25) is 9.59 Å². The molecule has 0 aliphatic heterocycles. The SMILES string of the molecule is CCOC(=O)c1c(NC(=O)C(C)Sc2nnc(CNC(=O)c3cccs3)n2Cc2ccccc2)sc2c1CCCCC2. The highest BCUT2D eigenvalue weighted by Gasteiger charge is 2.28. The second kappa shape index (κ2) is 14.1. The molecule has 3 aromatic heterocycles. The number of thioether (sulfide) groups is 1. The van der Waals surface area contributed by atoms with E-state index in [1.165, 1.54) is 34.4 Å². The molecule has 2 amide bonds. The minimum Gasteiger partial charge on any atom is -0.462 e. The van der Waals surface area contributed by atoms with Gasteiger partial charge in [0.1, 0.15) is 5.00 Å². The van der Waals surface area contributed by atoms with Crippen LogP contribution in [0.1, 0.15) is 75.0 Å². The van der Waals surface area contributed by atoms with E-state index in [-0.39, 0.29) is 30.9 Å². The Morgan fingerprint density at radius 2 is 1.88 bits per heavy atom. The number of hydrogen-bond acceptors (Lipinski definition) is 9. The minimum absolute atomic E-state index is 0.173. The molecule has 1 unspecified atom stereocenters. The van der Waals surface area contributed by atoms with Crippen LogP contribution >= 0.6 is 34.4 Å². The van der Waals surface area contributed by atoms with Gasteiger partial charge in [-0.1, -0.05) is 54.6 Å². The van der Waals surface area contributed by atoms with E-state index in [1.54, 1.807) is 13.0 Å². The van der Waals surface area contributed by atoms with E-state index in [0.717, 1.165) is 48.1 Å². The first kappa shape index (κ1) is 30.0. The van der Waals surface area contributed by atoms with Crippen molar-refractivity contribution < 1.29 is 19.1 Å². The van der Waals surface area contributed by atoms with Crippen LogP contribution in [-0.4, -0.2) is 44.4 Å². The molecule has 9 nitrogen and oxygen atoms in total. The molecule has 1 aromatic carbocycles. The Labute approximate surface area is 257 Å². The summed E-state index contributed by atoms with van der Waals surface area (Å²) in [4.78, 5) is 40.7. The molecule has 2 N–H and O–H groups in total. The highest BCUT2D eigenvalue weighted by atomic mass is 32.2. The maximum Gasteiger partial charge on any atom is 0.341 e. The van der Waals surface area contributed by atoms with Crippen LogP contribution in [-0.2, 0) is 35.5 Å². The van der Waals surface area contributed by atoms with Gasteiger partial charge in [-0.25, -0.2) is 4.79 Å². The van der Waals surface area contributed by atoms with Crippen molar-refractivity contribution >= 4 is 57.2 Å². The van der Waals surface area contributed by atoms with Crippen molar-refractivity contribution in [1.82, 2.24) is 20.1 Å². The fourth-order valence-electron chi connectivity index (χ4n) is 4.79. The predicted octanol–water partition coefficient (Wildman–Crippen LogP) is 5.94. The zero-order valence-electron chi connectivity index (χ0n) is 23.6. The van der Waals surface area contributed by atoms with Crippen LogP contribution in [0.2, 0.25) is 0 Å². The second-order valence-electron chi connectivity index (χ2n) is 9.87. The lowest BCUT2D eigenvalue weighted by atomic mass is 10.1. The van der Waals surface area contributed by atoms with Crippen molar-refractivity contribution in [2.75, 3.05) is 11.9 Å². The summed E-state index contributed by atoms with van der Waals surface area (Å²) in [5.74, 6) is -0.202. The number of aryl methyl sites for hydroxylation is 1. The van der Waals surface area contributed by atoms with Crippen LogP contribution in [0, 0.1) is 0 Å². The molecule has 0 saturated heterocycles. The van der Waals surface area contributed by atoms with Crippen LogP contribution < -0.4 is 10.6 Å². The summed E-state index contributed by atoms with van der Waals surface area (Å²) in [6, 6.07) is 13.5. The average molecular weight is 624 g/mol. The van der Waals surface area contributed by atoms with Crippen LogP contribution in [0.4, 0.5) is 5.00 Å². The zero-order chi connectivity index (χ0) is 29.5. The second-order valence-corrected chi connectivity index (χ2v) is 13.2. The Bertz CT molecular complexity index is 1530. The molecule has 1 atom stereocenters. The number of carbonyl (C=O) groups excluding carboxylic acids is 3. The number of nitrogens with zero attached hydrogens (tertiary/aromatic N) is 3. The monoisotopic (exact) mass is 623 g/mol. The topological polar surface area (TPSA) is 115 Å². The number of rotatable bonds is 11. The van der Waals surface area contributed by atoms with Gasteiger partial charge >= 0.3 is 5.97 Å². The highest BCUT2D eigenvalue weighted by molar-refractivity contribution is 8.00. The number of amides is 2. The van der Waals surface area contributed by atoms with E-state index < -0.39 is 5.25 Å². The number of anilines is 1. The Hall–Kier alpha value is -3.48. The molecule has 220 valence electrons. The highest BCUT2D eigenvalue weighted by Crippen LogP contribution is 2.38. The molecule has 0 saturated carbocycles. The van der Waals surface area contributed by atoms with Gasteiger partial charge in [0, 0.05) is 4.88 Å². The van der Waals surface area contributed by atoms with E-state index >= 15 is 0 Å². The number of ether oxygens (including phenoxy) is 1. The Balaban J connectivity index is 1.34. The van der Waals surface area contributed by atoms with Crippen molar-refractivity contribution in [3.05, 3.63) is 80.1 Å². The third-order valence-corrected chi connectivity index (χ3v) is 10.1. The van der Waals surface area contributed by atoms with E-state index in [9.17, 15) is 14.4 Å². The first-order valence-electron chi connectivity index (χ1n) is 14.0. The molecule has 1 aliphatic rings. The molecule has 1 aliphatic carbocycles. The van der Waals surface area contributed by atoms with Crippen molar-refractivity contribution in [2.24, 2.45) is 0 Å². The maximum absolute atomic E-state index is 13.5. The average Bonchev–Trinajstić information content (AvgIpc) is 3.69. The molecule has 0 fully saturated rings. The van der Waals surface area contributed by atoms with Crippen LogP contribution in [0.15, 0.2) is 53.0 Å². The molecule has 0 radical (unpaired) electrons. The number of nitrogens with one attached hydrogen (secondary N) is 2. The number of fused-ring (bicyclic) bond motifs is 1. The molecule has 5 rings (SSSR count). The summed E-state index contributed by atoms with van der Waals surface area (Å²) >= 11 is 4.15. The van der Waals surface area contributed by atoms with Gasteiger partial charge in [0.05, 0.1) is 35.4 Å². The number of carbonyl (C=O) groups is 3. The van der Waals surface area contributed by atoms with Gasteiger partial charge in [-0.05, 0) is 62.1 Å². The Kier molecular flexibility index (Phi) is 10.1. The lowest BCUT2D eigenvalue weighted by Crippen LogP contribution is -2.25. The number of benzene rings is 1. The number of thiophene rings is 2. The van der Waals surface area contributed by atoms with Gasteiger partial charge in [-0.2, -0.15) is 0 Å². The van der Waals surface area contributed by atoms with Gasteiger partial charge in [0.25, 0.3) is 5.91 Å². The summed E-state index contributed by atoms with van der Waals surface area (Å²) in [6.07, 6.45) is 4.93. The third-order valence-electron chi connectivity index (χ3n) is 6.92. The number of esters is 1. The molecule has 4 aromatic rings. The Morgan fingerprint density at radius 1 is 1.07 bits per heavy atom. The smallest absolute Gasteiger partial charge is 0.341 e. The first-order valence-corrected chi connectivity index (χ1v) is 16.6. The molecule has 0 bridgehead atoms. The minimum atomic E-state index is -0.533. The molecule has 0 spiro atoms. The van der Waals surface area contributed by atoms with E-state index in [2.05, 4.69) is 20.8 Å². The van der Waals surface area contributed by atoms with Crippen molar-refractivity contribution in [1.29, 1.82) is 0 Å². The maximum atomic E-state index is 13.5. The van der Waals surface area contributed by atoms with Crippen molar-refractivity contribution in [3.63, 3.8) is 0 Å². The number of aromatic nitrogens is 3. The lowest BCUT2D eigenvalue weighted by molar-refractivity contribution is -0.115. The summed E-state index contributed by atoms with van der Waals surface area (Å²) < 4.78 is 7.30. The predicted molar refractivity (Wildman–Crippen MR) is 167 cm³/mol. The largest absolute Gasteiger partial charge is 0.462 e. The lowest BCUT2D eigenvalue weighted by Gasteiger charge is -2.14. The van der Waals surface area contributed by atoms with Gasteiger partial charge in [0.2, 0.25) is 5.91 Å². The molecular weight excluding hydrogens is 591 g/mol. The van der Waals surface area contributed by atoms with Crippen LogP contribution in [0.3, 0.4) is 0 Å². The van der Waals surface area contributed by atoms with Gasteiger partial charge in [-0.15, -0.1) is 32.9 Å². The number of hydrogen-bond donors (Lipinski definition) is 2. The van der Waals surface area contributed by atoms with Crippen LogP contribution in [0.5, 0.6) is 0 Å². The zero-order valence-corrected chi connectivity index (χ0v) is 26.0. The Morgan fingerprint density at radius 3 is 2.64 bits per heavy atom. The van der Waals surface area contributed by atoms with Gasteiger partial charge < -0.3 is 19.9 Å². The quantitative estimate of drug-likeness (QED) is 0.121. The van der Waals surface area contributed by atoms with Crippen molar-refractivity contribution in [2.45, 2.75) is 69.4 Å². The van der Waals surface area contributed by atoms with Gasteiger partial charge in [0.15, 0.2) is 11.0 Å². The van der Waals surface area contributed by atoms with E-state index in [0.29, 0.717) is 33.0 Å². The third kappa shape index (κ3) is 7.11. The first-order chi connectivity index (χ1) is 20.4. The fraction of sp³-hybridized carbons (Fsp3) is 0.367. The van der Waals surface area contributed by atoms with Crippen LogP contribution in [0.25, 0.3) is 0 Å². The van der Waals surface area contributed by atoms with Crippen molar-refractivity contribution in [3.8, 4) is 0 Å². The van der Waals surface area contributed by atoms with E-state index in [1.807, 2.05) is 53.3 Å². The standard InChI is InChI=1S/C30H33N5O4S3/c1-3-39-29(38)25-21-13-8-5-9-14-22(21)42-28(25)32-26(36)19(2)41-30-34-33-24(17-31-27(37)23-15-10-16-40-23)35(30)18-20-11-6-4-7-12-20/h4,6-7,10-12,15-16,19H,3,5,8-9,13-14,17-18H2,1-2H3,(H,31,37)(H,32,36). The molecular formula is C30H33N5O4S3. The molecule has 3 heterocycles. The summed E-state index contributed by atoms with van der Waals surface area (Å²) in [6.45, 7) is 4.55. The normalized spacial score (nSPS) is 13.6. The fourth-order valence-corrected chi connectivity index (χ4v) is 7.58. The molecule has 12 heteroatoms.